The number of urea groups is 1. The average molecular weight is 433 g/mol. The van der Waals surface area contributed by atoms with Crippen LogP contribution in [0.5, 0.6) is 0 Å². The van der Waals surface area contributed by atoms with Gasteiger partial charge in [0.1, 0.15) is 0 Å². The fraction of sp³-hybridized carbons (Fsp3) is 0.360. The molecule has 2 heterocycles. The molecular weight excluding hydrogens is 404 g/mol. The van der Waals surface area contributed by atoms with Crippen LogP contribution in [0.25, 0.3) is 5.57 Å². The van der Waals surface area contributed by atoms with Crippen LogP contribution in [-0.2, 0) is 6.42 Å². The van der Waals surface area contributed by atoms with Gasteiger partial charge in [0.25, 0.3) is 5.69 Å². The van der Waals surface area contributed by atoms with Crippen molar-refractivity contribution in [2.45, 2.75) is 51.5 Å². The molecule has 2 amide bonds. The lowest BCUT2D eigenvalue weighted by Crippen LogP contribution is -2.48. The standard InChI is InChI=1S/C25H28N4O3/c1-19-10-11-22(21-12-14-23(15-13-21)29(31)32)18-28(26-19)25(30)27-16-6-5-9-24(27)17-20-7-3-2-4-8-20/h2-4,7-8,12-15,18,24H,5-6,9-11,16-17H2,1H3. The first-order valence-electron chi connectivity index (χ1n) is 11.1. The van der Waals surface area contributed by atoms with Crippen molar-refractivity contribution in [1.29, 1.82) is 0 Å². The van der Waals surface area contributed by atoms with E-state index < -0.39 is 4.92 Å². The summed E-state index contributed by atoms with van der Waals surface area (Å²) in [6.07, 6.45) is 7.19. The van der Waals surface area contributed by atoms with E-state index in [4.69, 9.17) is 0 Å². The highest BCUT2D eigenvalue weighted by molar-refractivity contribution is 5.88. The Labute approximate surface area is 188 Å². The molecule has 2 aromatic rings. The molecule has 0 aromatic heterocycles. The van der Waals surface area contributed by atoms with Gasteiger partial charge in [0.05, 0.1) is 4.92 Å². The lowest BCUT2D eigenvalue weighted by atomic mass is 9.96. The second-order valence-electron chi connectivity index (χ2n) is 8.45. The number of rotatable bonds is 4. The van der Waals surface area contributed by atoms with Gasteiger partial charge in [-0.05, 0) is 74.3 Å². The third-order valence-corrected chi connectivity index (χ3v) is 6.14. The van der Waals surface area contributed by atoms with Gasteiger partial charge < -0.3 is 4.90 Å². The molecule has 7 nitrogen and oxygen atoms in total. The third kappa shape index (κ3) is 5.04. The average Bonchev–Trinajstić information content (AvgIpc) is 3.01. The predicted molar refractivity (Wildman–Crippen MR) is 125 cm³/mol. The molecular formula is C25H28N4O3. The summed E-state index contributed by atoms with van der Waals surface area (Å²) in [4.78, 5) is 26.1. The number of carbonyl (C=O) groups excluding carboxylic acids is 1. The molecule has 2 aliphatic rings. The number of nitrogens with zero attached hydrogens (tertiary/aromatic N) is 4. The van der Waals surface area contributed by atoms with Gasteiger partial charge in [-0.2, -0.15) is 10.1 Å². The number of likely N-dealkylation sites (tertiary alicyclic amines) is 1. The van der Waals surface area contributed by atoms with Gasteiger partial charge >= 0.3 is 6.03 Å². The zero-order valence-corrected chi connectivity index (χ0v) is 18.3. The van der Waals surface area contributed by atoms with Crippen molar-refractivity contribution in [1.82, 2.24) is 9.91 Å². The molecule has 4 rings (SSSR count). The fourth-order valence-corrected chi connectivity index (χ4v) is 4.39. The second kappa shape index (κ2) is 9.77. The molecule has 1 atom stereocenters. The van der Waals surface area contributed by atoms with E-state index in [9.17, 15) is 14.9 Å². The quantitative estimate of drug-likeness (QED) is 0.464. The molecule has 2 aliphatic heterocycles. The Morgan fingerprint density at radius 3 is 2.56 bits per heavy atom. The number of piperidine rings is 1. The highest BCUT2D eigenvalue weighted by Crippen LogP contribution is 2.28. The summed E-state index contributed by atoms with van der Waals surface area (Å²) < 4.78 is 0. The molecule has 1 saturated heterocycles. The van der Waals surface area contributed by atoms with Crippen molar-refractivity contribution < 1.29 is 9.72 Å². The van der Waals surface area contributed by atoms with Crippen molar-refractivity contribution in [2.24, 2.45) is 5.10 Å². The molecule has 0 spiro atoms. The zero-order chi connectivity index (χ0) is 22.5. The summed E-state index contributed by atoms with van der Waals surface area (Å²) >= 11 is 0. The number of benzene rings is 2. The number of carbonyl (C=O) groups is 1. The van der Waals surface area contributed by atoms with Gasteiger partial charge in [-0.1, -0.05) is 30.3 Å². The molecule has 166 valence electrons. The number of allylic oxidation sites excluding steroid dienone is 1. The summed E-state index contributed by atoms with van der Waals surface area (Å²) in [7, 11) is 0. The largest absolute Gasteiger partial charge is 0.344 e. The van der Waals surface area contributed by atoms with Gasteiger partial charge in [0, 0.05) is 36.6 Å². The van der Waals surface area contributed by atoms with Crippen LogP contribution in [-0.4, -0.2) is 39.2 Å². The number of hydrazone groups is 1. The fourth-order valence-electron chi connectivity index (χ4n) is 4.39. The zero-order valence-electron chi connectivity index (χ0n) is 18.3. The molecule has 1 fully saturated rings. The summed E-state index contributed by atoms with van der Waals surface area (Å²) in [5.74, 6) is 0. The maximum atomic E-state index is 13.6. The molecule has 32 heavy (non-hydrogen) atoms. The highest BCUT2D eigenvalue weighted by Gasteiger charge is 2.30. The van der Waals surface area contributed by atoms with Gasteiger partial charge in [0.2, 0.25) is 0 Å². The van der Waals surface area contributed by atoms with E-state index in [1.54, 1.807) is 18.3 Å². The number of hydrogen-bond donors (Lipinski definition) is 0. The molecule has 0 saturated carbocycles. The molecule has 0 bridgehead atoms. The van der Waals surface area contributed by atoms with Crippen LogP contribution in [0.2, 0.25) is 0 Å². The van der Waals surface area contributed by atoms with Crippen LogP contribution >= 0.6 is 0 Å². The van der Waals surface area contributed by atoms with E-state index in [1.165, 1.54) is 22.7 Å². The van der Waals surface area contributed by atoms with Crippen molar-refractivity contribution >= 4 is 23.0 Å². The van der Waals surface area contributed by atoms with Crippen LogP contribution in [0.4, 0.5) is 10.5 Å². The maximum Gasteiger partial charge on any atom is 0.344 e. The van der Waals surface area contributed by atoms with Crippen LogP contribution in [0.3, 0.4) is 0 Å². The Kier molecular flexibility index (Phi) is 6.63. The van der Waals surface area contributed by atoms with E-state index in [0.29, 0.717) is 0 Å². The smallest absolute Gasteiger partial charge is 0.320 e. The normalized spacial score (nSPS) is 19.1. The molecule has 2 aromatic carbocycles. The number of hydrogen-bond acceptors (Lipinski definition) is 4. The Bertz CT molecular complexity index is 1030. The Morgan fingerprint density at radius 1 is 1.09 bits per heavy atom. The van der Waals surface area contributed by atoms with E-state index in [-0.39, 0.29) is 17.8 Å². The first-order chi connectivity index (χ1) is 15.5. The minimum Gasteiger partial charge on any atom is -0.320 e. The van der Waals surface area contributed by atoms with E-state index in [1.807, 2.05) is 30.0 Å². The minimum absolute atomic E-state index is 0.0559. The second-order valence-corrected chi connectivity index (χ2v) is 8.45. The number of nitro groups is 1. The molecule has 0 radical (unpaired) electrons. The molecule has 1 unspecified atom stereocenters. The predicted octanol–water partition coefficient (Wildman–Crippen LogP) is 5.62. The monoisotopic (exact) mass is 432 g/mol. The van der Waals surface area contributed by atoms with Crippen LogP contribution < -0.4 is 0 Å². The lowest BCUT2D eigenvalue weighted by Gasteiger charge is -2.37. The van der Waals surface area contributed by atoms with E-state index in [0.717, 1.165) is 61.9 Å². The first kappa shape index (κ1) is 21.7. The summed E-state index contributed by atoms with van der Waals surface area (Å²) in [6, 6.07) is 16.8. The Hall–Kier alpha value is -3.48. The summed E-state index contributed by atoms with van der Waals surface area (Å²) in [5, 5.41) is 17.0. The Balaban J connectivity index is 1.58. The van der Waals surface area contributed by atoms with Crippen molar-refractivity contribution in [3.8, 4) is 0 Å². The third-order valence-electron chi connectivity index (χ3n) is 6.14. The van der Waals surface area contributed by atoms with Crippen molar-refractivity contribution in [3.05, 3.63) is 82.0 Å². The molecule has 0 aliphatic carbocycles. The van der Waals surface area contributed by atoms with Crippen molar-refractivity contribution in [2.75, 3.05) is 6.54 Å². The Morgan fingerprint density at radius 2 is 1.84 bits per heavy atom. The van der Waals surface area contributed by atoms with Gasteiger partial charge in [-0.15, -0.1) is 0 Å². The van der Waals surface area contributed by atoms with E-state index >= 15 is 0 Å². The van der Waals surface area contributed by atoms with Crippen molar-refractivity contribution in [3.63, 3.8) is 0 Å². The minimum atomic E-state index is -0.405. The SMILES string of the molecule is CC1=NN(C(=O)N2CCCCC2Cc2ccccc2)C=C(c2ccc([N+](=O)[O-])cc2)CC1. The molecule has 0 N–H and O–H groups in total. The van der Waals surface area contributed by atoms with Crippen LogP contribution in [0.15, 0.2) is 65.9 Å². The summed E-state index contributed by atoms with van der Waals surface area (Å²) in [5.41, 5.74) is 4.00. The highest BCUT2D eigenvalue weighted by atomic mass is 16.6. The van der Waals surface area contributed by atoms with Crippen LogP contribution in [0, 0.1) is 10.1 Å². The maximum absolute atomic E-state index is 13.6. The van der Waals surface area contributed by atoms with E-state index in [2.05, 4.69) is 17.2 Å². The van der Waals surface area contributed by atoms with Crippen LogP contribution in [0.1, 0.15) is 50.2 Å². The summed E-state index contributed by atoms with van der Waals surface area (Å²) in [6.45, 7) is 2.66. The number of nitro benzene ring substituents is 1. The van der Waals surface area contributed by atoms with Gasteiger partial charge in [-0.3, -0.25) is 10.1 Å². The number of non-ortho nitro benzene ring substituents is 1. The topological polar surface area (TPSA) is 79.0 Å². The lowest BCUT2D eigenvalue weighted by molar-refractivity contribution is -0.384. The van der Waals surface area contributed by atoms with Gasteiger partial charge in [0.15, 0.2) is 0 Å². The molecule has 7 heteroatoms. The van der Waals surface area contributed by atoms with Gasteiger partial charge in [-0.25, -0.2) is 4.79 Å². The first-order valence-corrected chi connectivity index (χ1v) is 11.1. The number of amides is 2.